The average Bonchev–Trinajstić information content (AvgIpc) is 3.36. The molecule has 0 radical (unpaired) electrons. The molecule has 8 nitrogen and oxygen atoms in total. The van der Waals surface area contributed by atoms with Crippen LogP contribution in [0.4, 0.5) is 0 Å². The summed E-state index contributed by atoms with van der Waals surface area (Å²) in [5.41, 5.74) is 0. The lowest BCUT2D eigenvalue weighted by atomic mass is 10.0. The minimum atomic E-state index is -4.31. The zero-order chi connectivity index (χ0) is 54.2. The van der Waals surface area contributed by atoms with Crippen molar-refractivity contribution in [2.45, 2.75) is 373 Å². The Labute approximate surface area is 463 Å². The van der Waals surface area contributed by atoms with Crippen LogP contribution in [-0.2, 0) is 18.4 Å². The number of aliphatic hydroxyl groups excluding tert-OH is 1. The maximum Gasteiger partial charge on any atom is 0.472 e. The fourth-order valence-electron chi connectivity index (χ4n) is 10.6. The van der Waals surface area contributed by atoms with Gasteiger partial charge < -0.3 is 19.8 Å². The number of hydrogen-bond donors (Lipinski definition) is 3. The number of phosphoric acid groups is 1. The van der Waals surface area contributed by atoms with Gasteiger partial charge in [0.1, 0.15) is 13.2 Å². The molecule has 0 aliphatic carbocycles. The highest BCUT2D eigenvalue weighted by molar-refractivity contribution is 7.47. The number of phosphoric ester groups is 1. The maximum absolute atomic E-state index is 13.0. The van der Waals surface area contributed by atoms with Gasteiger partial charge in [0, 0.05) is 6.42 Å². The van der Waals surface area contributed by atoms with Crippen LogP contribution in [0.3, 0.4) is 0 Å². The van der Waals surface area contributed by atoms with E-state index in [1.807, 2.05) is 21.1 Å². The fourth-order valence-corrected chi connectivity index (χ4v) is 11.4. The summed E-state index contributed by atoms with van der Waals surface area (Å²) in [6.45, 7) is 4.93. The van der Waals surface area contributed by atoms with E-state index in [-0.39, 0.29) is 19.1 Å². The predicted molar refractivity (Wildman–Crippen MR) is 323 cm³/mol. The summed E-state index contributed by atoms with van der Waals surface area (Å²) in [6.07, 6.45) is 70.9. The minimum absolute atomic E-state index is 0.0789. The van der Waals surface area contributed by atoms with Gasteiger partial charge in [-0.25, -0.2) is 4.57 Å². The van der Waals surface area contributed by atoms with E-state index in [9.17, 15) is 19.4 Å². The number of aliphatic hydroxyl groups is 1. The predicted octanol–water partition coefficient (Wildman–Crippen LogP) is 20.8. The van der Waals surface area contributed by atoms with Gasteiger partial charge in [0.15, 0.2) is 0 Å². The first kappa shape index (κ1) is 73.5. The van der Waals surface area contributed by atoms with Gasteiger partial charge in [-0.2, -0.15) is 0 Å². The van der Waals surface area contributed by atoms with Gasteiger partial charge in [0.25, 0.3) is 0 Å². The van der Waals surface area contributed by atoms with Crippen LogP contribution in [0.25, 0.3) is 0 Å². The summed E-state index contributed by atoms with van der Waals surface area (Å²) < 4.78 is 23.8. The Morgan fingerprint density at radius 1 is 0.405 bits per heavy atom. The first-order valence-corrected chi connectivity index (χ1v) is 34.9. The number of carbonyl (C=O) groups is 1. The Hall–Kier alpha value is -0.500. The van der Waals surface area contributed by atoms with Crippen molar-refractivity contribution in [1.82, 2.24) is 5.32 Å². The molecule has 3 atom stereocenters. The van der Waals surface area contributed by atoms with Gasteiger partial charge in [-0.15, -0.1) is 0 Å². The summed E-state index contributed by atoms with van der Waals surface area (Å²) in [7, 11) is 1.64. The fraction of sp³-hybridized carbons (Fsp3) is 0.985. The molecule has 0 heterocycles. The van der Waals surface area contributed by atoms with Crippen molar-refractivity contribution in [1.29, 1.82) is 0 Å². The summed E-state index contributed by atoms with van der Waals surface area (Å²) in [4.78, 5) is 23.3. The SMILES string of the molecule is CCCCCCCCCCCCCCCCCCCCCCCCCCCCCCCCCCCCCCCCCCC(=O)NC(COP(=O)(O)OCC[N+](C)(C)C)C(O)CCCCCCCCCCCCCC. The molecular weight excluding hydrogens is 936 g/mol. The first-order chi connectivity index (χ1) is 36.0. The van der Waals surface area contributed by atoms with Gasteiger partial charge >= 0.3 is 7.82 Å². The molecule has 0 fully saturated rings. The Morgan fingerprint density at radius 3 is 0.905 bits per heavy atom. The quantitative estimate of drug-likeness (QED) is 0.0318. The summed E-state index contributed by atoms with van der Waals surface area (Å²) in [5, 5.41) is 14.0. The zero-order valence-corrected chi connectivity index (χ0v) is 51.8. The lowest BCUT2D eigenvalue weighted by Gasteiger charge is -2.26. The molecule has 0 aliphatic rings. The molecule has 0 saturated heterocycles. The molecule has 9 heteroatoms. The number of nitrogens with one attached hydrogen (secondary N) is 1. The molecule has 0 spiro atoms. The normalized spacial score (nSPS) is 13.7. The Morgan fingerprint density at radius 2 is 0.649 bits per heavy atom. The molecular formula is C65H134N2O6P+. The van der Waals surface area contributed by atoms with Gasteiger partial charge in [-0.1, -0.05) is 341 Å². The van der Waals surface area contributed by atoms with Crippen molar-refractivity contribution in [3.63, 3.8) is 0 Å². The number of rotatable bonds is 63. The van der Waals surface area contributed by atoms with Crippen molar-refractivity contribution in [3.05, 3.63) is 0 Å². The van der Waals surface area contributed by atoms with Gasteiger partial charge in [-0.3, -0.25) is 13.8 Å². The number of carbonyl (C=O) groups excluding carboxylic acids is 1. The Bertz CT molecular complexity index is 1170. The van der Waals surface area contributed by atoms with Gasteiger partial charge in [0.05, 0.1) is 39.9 Å². The molecule has 1 amide bonds. The monoisotopic (exact) mass is 1070 g/mol. The van der Waals surface area contributed by atoms with Crippen molar-refractivity contribution in [2.24, 2.45) is 0 Å². The van der Waals surface area contributed by atoms with Crippen LogP contribution in [0.1, 0.15) is 361 Å². The largest absolute Gasteiger partial charge is 0.472 e. The molecule has 0 saturated carbocycles. The van der Waals surface area contributed by atoms with Crippen molar-refractivity contribution < 1.29 is 32.9 Å². The van der Waals surface area contributed by atoms with E-state index in [4.69, 9.17) is 9.05 Å². The average molecular weight is 1070 g/mol. The van der Waals surface area contributed by atoms with Crippen LogP contribution in [0.5, 0.6) is 0 Å². The van der Waals surface area contributed by atoms with Gasteiger partial charge in [-0.05, 0) is 12.8 Å². The third kappa shape index (κ3) is 59.2. The van der Waals surface area contributed by atoms with E-state index in [0.29, 0.717) is 23.9 Å². The molecule has 0 aliphatic heterocycles. The van der Waals surface area contributed by atoms with E-state index in [1.54, 1.807) is 0 Å². The second-order valence-corrected chi connectivity index (χ2v) is 26.0. The minimum Gasteiger partial charge on any atom is -0.391 e. The zero-order valence-electron chi connectivity index (χ0n) is 50.9. The summed E-state index contributed by atoms with van der Waals surface area (Å²) >= 11 is 0. The number of unbranched alkanes of at least 4 members (excludes halogenated alkanes) is 50. The second-order valence-electron chi connectivity index (χ2n) is 24.6. The number of hydrogen-bond acceptors (Lipinski definition) is 5. The van der Waals surface area contributed by atoms with Crippen LogP contribution in [0, 0.1) is 0 Å². The van der Waals surface area contributed by atoms with Crippen LogP contribution < -0.4 is 5.32 Å². The van der Waals surface area contributed by atoms with E-state index in [1.165, 1.54) is 295 Å². The molecule has 0 aromatic carbocycles. The third-order valence-electron chi connectivity index (χ3n) is 15.9. The van der Waals surface area contributed by atoms with E-state index >= 15 is 0 Å². The molecule has 3 unspecified atom stereocenters. The molecule has 444 valence electrons. The first-order valence-electron chi connectivity index (χ1n) is 33.4. The topological polar surface area (TPSA) is 105 Å². The van der Waals surface area contributed by atoms with Crippen LogP contribution in [0.15, 0.2) is 0 Å². The number of amides is 1. The lowest BCUT2D eigenvalue weighted by molar-refractivity contribution is -0.870. The molecule has 0 rings (SSSR count). The van der Waals surface area contributed by atoms with Crippen molar-refractivity contribution >= 4 is 13.7 Å². The molecule has 0 aromatic rings. The van der Waals surface area contributed by atoms with Crippen LogP contribution in [0.2, 0.25) is 0 Å². The number of likely N-dealkylation sites (N-methyl/N-ethyl adjacent to an activating group) is 1. The molecule has 3 N–H and O–H groups in total. The number of nitrogens with zero attached hydrogens (tertiary/aromatic N) is 1. The highest BCUT2D eigenvalue weighted by atomic mass is 31.2. The summed E-state index contributed by atoms with van der Waals surface area (Å²) in [6, 6.07) is -0.754. The molecule has 0 bridgehead atoms. The molecule has 74 heavy (non-hydrogen) atoms. The van der Waals surface area contributed by atoms with Crippen molar-refractivity contribution in [3.8, 4) is 0 Å². The maximum atomic E-state index is 13.0. The summed E-state index contributed by atoms with van der Waals surface area (Å²) in [5.74, 6) is -0.136. The van der Waals surface area contributed by atoms with E-state index < -0.39 is 20.0 Å². The highest BCUT2D eigenvalue weighted by Crippen LogP contribution is 2.43. The second kappa shape index (κ2) is 57.2. The molecule has 0 aromatic heterocycles. The van der Waals surface area contributed by atoms with E-state index in [2.05, 4.69) is 19.2 Å². The van der Waals surface area contributed by atoms with Crippen molar-refractivity contribution in [2.75, 3.05) is 40.9 Å². The lowest BCUT2D eigenvalue weighted by Crippen LogP contribution is -2.46. The highest BCUT2D eigenvalue weighted by Gasteiger charge is 2.28. The standard InChI is InChI=1S/C65H133N2O6P/c1-6-8-10-12-14-16-18-20-21-22-23-24-25-26-27-28-29-30-31-32-33-34-35-36-37-38-39-40-41-42-43-44-45-46-47-49-51-53-55-57-59-65(69)66-63(62-73-74(70,71)72-61-60-67(3,4)5)64(68)58-56-54-52-50-48-19-17-15-13-11-9-7-2/h63-64,68H,6-62H2,1-5H3,(H-,66,69,70,71)/p+1. The van der Waals surface area contributed by atoms with Gasteiger partial charge in [0.2, 0.25) is 5.91 Å². The number of quaternary nitrogens is 1. The Balaban J connectivity index is 3.76. The van der Waals surface area contributed by atoms with E-state index in [0.717, 1.165) is 38.5 Å². The third-order valence-corrected chi connectivity index (χ3v) is 16.8. The van der Waals surface area contributed by atoms with Crippen LogP contribution in [-0.4, -0.2) is 73.4 Å². The Kier molecular flexibility index (Phi) is 56.8. The van der Waals surface area contributed by atoms with Crippen LogP contribution >= 0.6 is 7.82 Å². The smallest absolute Gasteiger partial charge is 0.391 e.